The van der Waals surface area contributed by atoms with Crippen molar-refractivity contribution < 1.29 is 23.9 Å². The molecule has 0 aliphatic carbocycles. The minimum atomic E-state index is -0.558. The number of nitrogens with zero attached hydrogens (tertiary/aromatic N) is 1. The smallest absolute Gasteiger partial charge is 0.313 e. The van der Waals surface area contributed by atoms with Gasteiger partial charge in [-0.25, -0.2) is 0 Å². The Balaban J connectivity index is 1.44. The topological polar surface area (TPSA) is 99.9 Å². The van der Waals surface area contributed by atoms with Crippen molar-refractivity contribution >= 4 is 23.2 Å². The summed E-state index contributed by atoms with van der Waals surface area (Å²) in [7, 11) is 1.63. The number of amides is 1. The molecule has 3 aromatic carbocycles. The number of rotatable bonds is 8. The molecule has 8 nitrogen and oxygen atoms in total. The summed E-state index contributed by atoms with van der Waals surface area (Å²) in [6.45, 7) is 1.73. The molecule has 1 amide bonds. The van der Waals surface area contributed by atoms with Crippen molar-refractivity contribution in [3.63, 3.8) is 0 Å². The van der Waals surface area contributed by atoms with Gasteiger partial charge in [-0.3, -0.25) is 14.9 Å². The van der Waals surface area contributed by atoms with Crippen molar-refractivity contribution in [3.8, 4) is 17.2 Å². The summed E-state index contributed by atoms with van der Waals surface area (Å²) in [5.41, 5.74) is 1.13. The highest BCUT2D eigenvalue weighted by Crippen LogP contribution is 2.36. The second-order valence-electron chi connectivity index (χ2n) is 8.30. The van der Waals surface area contributed by atoms with E-state index in [4.69, 9.17) is 25.8 Å². The van der Waals surface area contributed by atoms with E-state index in [2.05, 4.69) is 5.32 Å². The molecule has 1 aliphatic rings. The lowest BCUT2D eigenvalue weighted by Gasteiger charge is -2.38. The fraction of sp³-hybridized carbons (Fsp3) is 0.269. The molecule has 0 unspecified atom stereocenters. The van der Waals surface area contributed by atoms with Gasteiger partial charge in [-0.05, 0) is 66.9 Å². The first-order valence-electron chi connectivity index (χ1n) is 11.1. The number of hydrogen-bond acceptors (Lipinski definition) is 6. The van der Waals surface area contributed by atoms with E-state index in [0.717, 1.165) is 24.2 Å². The average molecular weight is 497 g/mol. The van der Waals surface area contributed by atoms with Crippen molar-refractivity contribution in [3.05, 3.63) is 93.0 Å². The maximum Gasteiger partial charge on any atom is 0.313 e. The highest BCUT2D eigenvalue weighted by Gasteiger charge is 2.35. The van der Waals surface area contributed by atoms with Gasteiger partial charge in [0.2, 0.25) is 5.75 Å². The summed E-state index contributed by atoms with van der Waals surface area (Å²) in [5.74, 6) is 1.00. The van der Waals surface area contributed by atoms with Crippen molar-refractivity contribution in [1.29, 1.82) is 0 Å². The van der Waals surface area contributed by atoms with Crippen LogP contribution in [-0.2, 0) is 10.2 Å². The van der Waals surface area contributed by atoms with E-state index in [-0.39, 0.29) is 27.8 Å². The van der Waals surface area contributed by atoms with Gasteiger partial charge in [-0.1, -0.05) is 23.7 Å². The lowest BCUT2D eigenvalue weighted by atomic mass is 9.74. The predicted molar refractivity (Wildman–Crippen MR) is 132 cm³/mol. The number of methoxy groups -OCH3 is 1. The molecule has 1 heterocycles. The summed E-state index contributed by atoms with van der Waals surface area (Å²) >= 11 is 5.85. The van der Waals surface area contributed by atoms with Crippen LogP contribution in [-0.4, -0.2) is 37.7 Å². The third kappa shape index (κ3) is 5.72. The van der Waals surface area contributed by atoms with E-state index in [0.29, 0.717) is 31.1 Å². The molecule has 1 N–H and O–H groups in total. The zero-order valence-corrected chi connectivity index (χ0v) is 19.9. The molecular weight excluding hydrogens is 472 g/mol. The van der Waals surface area contributed by atoms with E-state index in [1.807, 2.05) is 24.3 Å². The van der Waals surface area contributed by atoms with Crippen LogP contribution in [0.1, 0.15) is 28.8 Å². The van der Waals surface area contributed by atoms with E-state index in [1.165, 1.54) is 18.2 Å². The minimum absolute atomic E-state index is 0.0672. The fourth-order valence-corrected chi connectivity index (χ4v) is 4.31. The number of carbonyl (C=O) groups excluding carboxylic acids is 1. The zero-order valence-electron chi connectivity index (χ0n) is 19.2. The maximum absolute atomic E-state index is 12.9. The number of nitro groups is 1. The van der Waals surface area contributed by atoms with Crippen molar-refractivity contribution in [2.24, 2.45) is 0 Å². The Morgan fingerprint density at radius 1 is 1.06 bits per heavy atom. The summed E-state index contributed by atoms with van der Waals surface area (Å²) < 4.78 is 16.5. The lowest BCUT2D eigenvalue weighted by molar-refractivity contribution is -0.385. The van der Waals surface area contributed by atoms with Crippen molar-refractivity contribution in [2.75, 3.05) is 26.9 Å². The van der Waals surface area contributed by atoms with Crippen LogP contribution in [0.2, 0.25) is 5.02 Å². The maximum atomic E-state index is 12.9. The number of carbonyl (C=O) groups is 1. The Kier molecular flexibility index (Phi) is 7.53. The Hall–Kier alpha value is -3.62. The minimum Gasteiger partial charge on any atom is -0.497 e. The monoisotopic (exact) mass is 496 g/mol. The van der Waals surface area contributed by atoms with Gasteiger partial charge in [-0.15, -0.1) is 0 Å². The van der Waals surface area contributed by atoms with Gasteiger partial charge >= 0.3 is 5.69 Å². The normalized spacial score (nSPS) is 14.7. The van der Waals surface area contributed by atoms with Gasteiger partial charge in [0, 0.05) is 41.8 Å². The van der Waals surface area contributed by atoms with Crippen molar-refractivity contribution in [2.45, 2.75) is 18.3 Å². The molecule has 0 radical (unpaired) electrons. The molecule has 1 saturated heterocycles. The van der Waals surface area contributed by atoms with Gasteiger partial charge < -0.3 is 19.5 Å². The van der Waals surface area contributed by atoms with Crippen LogP contribution in [0.15, 0.2) is 66.7 Å². The highest BCUT2D eigenvalue weighted by molar-refractivity contribution is 6.30. The zero-order chi connectivity index (χ0) is 24.8. The molecule has 4 rings (SSSR count). The summed E-state index contributed by atoms with van der Waals surface area (Å²) in [6, 6.07) is 18.6. The first kappa shape index (κ1) is 24.5. The number of ether oxygens (including phenoxy) is 3. The SMILES string of the molecule is COc1ccc(C2(CNC(=O)c3ccc(Oc4ccc(Cl)cc4[N+](=O)[O-])cc3)CCOCC2)cc1. The van der Waals surface area contributed by atoms with Gasteiger partial charge in [0.25, 0.3) is 5.91 Å². The summed E-state index contributed by atoms with van der Waals surface area (Å²) in [5, 5.41) is 14.6. The summed E-state index contributed by atoms with van der Waals surface area (Å²) in [4.78, 5) is 23.6. The molecule has 0 saturated carbocycles. The predicted octanol–water partition coefficient (Wildman–Crippen LogP) is 5.53. The average Bonchev–Trinajstić information content (AvgIpc) is 2.89. The van der Waals surface area contributed by atoms with Gasteiger partial charge in [0.1, 0.15) is 11.5 Å². The molecular formula is C26H25ClN2O6. The van der Waals surface area contributed by atoms with Gasteiger partial charge in [0.15, 0.2) is 0 Å². The molecule has 0 spiro atoms. The number of benzene rings is 3. The second-order valence-corrected chi connectivity index (χ2v) is 8.74. The van der Waals surface area contributed by atoms with Crippen LogP contribution in [0.3, 0.4) is 0 Å². The molecule has 0 atom stereocenters. The largest absolute Gasteiger partial charge is 0.497 e. The van der Waals surface area contributed by atoms with Crippen LogP contribution >= 0.6 is 11.6 Å². The fourth-order valence-electron chi connectivity index (χ4n) is 4.15. The van der Waals surface area contributed by atoms with E-state index in [1.54, 1.807) is 31.4 Å². The van der Waals surface area contributed by atoms with E-state index < -0.39 is 4.92 Å². The van der Waals surface area contributed by atoms with E-state index >= 15 is 0 Å². The Morgan fingerprint density at radius 2 is 1.71 bits per heavy atom. The third-order valence-electron chi connectivity index (χ3n) is 6.20. The van der Waals surface area contributed by atoms with Crippen LogP contribution < -0.4 is 14.8 Å². The summed E-state index contributed by atoms with van der Waals surface area (Å²) in [6.07, 6.45) is 1.60. The third-order valence-corrected chi connectivity index (χ3v) is 6.44. The Labute approximate surface area is 207 Å². The molecule has 182 valence electrons. The number of nitro benzene ring substituents is 1. The molecule has 35 heavy (non-hydrogen) atoms. The first-order valence-corrected chi connectivity index (χ1v) is 11.5. The van der Waals surface area contributed by atoms with Crippen LogP contribution in [0, 0.1) is 10.1 Å². The van der Waals surface area contributed by atoms with Crippen molar-refractivity contribution in [1.82, 2.24) is 5.32 Å². The molecule has 0 bridgehead atoms. The number of halogens is 1. The molecule has 9 heteroatoms. The van der Waals surface area contributed by atoms with Crippen LogP contribution in [0.4, 0.5) is 5.69 Å². The van der Waals surface area contributed by atoms with Crippen LogP contribution in [0.25, 0.3) is 0 Å². The van der Waals surface area contributed by atoms with Gasteiger partial charge in [0.05, 0.1) is 12.0 Å². The lowest BCUT2D eigenvalue weighted by Crippen LogP contribution is -2.44. The van der Waals surface area contributed by atoms with Gasteiger partial charge in [-0.2, -0.15) is 0 Å². The quantitative estimate of drug-likeness (QED) is 0.325. The highest BCUT2D eigenvalue weighted by atomic mass is 35.5. The number of hydrogen-bond donors (Lipinski definition) is 1. The van der Waals surface area contributed by atoms with E-state index in [9.17, 15) is 14.9 Å². The second kappa shape index (κ2) is 10.8. The Morgan fingerprint density at radius 3 is 2.34 bits per heavy atom. The molecule has 0 aromatic heterocycles. The van der Waals surface area contributed by atoms with Crippen LogP contribution in [0.5, 0.6) is 17.2 Å². The number of nitrogens with one attached hydrogen (secondary N) is 1. The molecule has 1 aliphatic heterocycles. The molecule has 3 aromatic rings. The molecule has 1 fully saturated rings. The standard InChI is InChI=1S/C26H25ClN2O6/c1-33-21-9-4-19(5-10-21)26(12-14-34-15-13-26)17-28-25(30)18-2-7-22(8-3-18)35-24-11-6-20(27)16-23(24)29(31)32/h2-11,16H,12-15,17H2,1H3,(H,28,30). The first-order chi connectivity index (χ1) is 16.9. The Bertz CT molecular complexity index is 1190.